The third kappa shape index (κ3) is 3.65. The van der Waals surface area contributed by atoms with Gasteiger partial charge in [-0.1, -0.05) is 0 Å². The second-order valence-electron chi connectivity index (χ2n) is 5.76. The molecule has 1 aromatic heterocycles. The molecule has 1 aliphatic rings. The lowest BCUT2D eigenvalue weighted by atomic mass is 10.2. The molecular formula is C15H13F3N4O5S. The van der Waals surface area contributed by atoms with E-state index in [2.05, 4.69) is 14.2 Å². The normalized spacial score (nSPS) is 17.5. The van der Waals surface area contributed by atoms with Crippen LogP contribution in [0.3, 0.4) is 0 Å². The van der Waals surface area contributed by atoms with Gasteiger partial charge in [0.25, 0.3) is 5.91 Å². The molecule has 28 heavy (non-hydrogen) atoms. The summed E-state index contributed by atoms with van der Waals surface area (Å²) in [5.41, 5.74) is 0.403. The van der Waals surface area contributed by atoms with E-state index in [0.717, 1.165) is 18.5 Å². The Morgan fingerprint density at radius 1 is 1.25 bits per heavy atom. The van der Waals surface area contributed by atoms with Gasteiger partial charge in [-0.25, -0.2) is 9.97 Å². The number of nitrogens with two attached hydrogens (primary N) is 1. The average Bonchev–Trinajstić information content (AvgIpc) is 2.71. The van der Waals surface area contributed by atoms with Gasteiger partial charge >= 0.3 is 15.6 Å². The molecule has 9 nitrogen and oxygen atoms in total. The quantitative estimate of drug-likeness (QED) is 0.590. The number of nitrogens with zero attached hydrogens (tertiary/aromatic N) is 3. The molecule has 0 aliphatic carbocycles. The maximum absolute atomic E-state index is 12.9. The molecule has 0 radical (unpaired) electrons. The predicted octanol–water partition coefficient (Wildman–Crippen LogP) is 1.71. The van der Waals surface area contributed by atoms with Crippen LogP contribution in [0.4, 0.5) is 24.7 Å². The predicted molar refractivity (Wildman–Crippen MR) is 90.3 cm³/mol. The molecule has 2 heterocycles. The number of hydrogen-bond donors (Lipinski definition) is 1. The number of carbonyl (C=O) groups is 1. The van der Waals surface area contributed by atoms with Crippen LogP contribution in [0.2, 0.25) is 0 Å². The van der Waals surface area contributed by atoms with Gasteiger partial charge in [0.1, 0.15) is 29.6 Å². The van der Waals surface area contributed by atoms with E-state index in [9.17, 15) is 26.4 Å². The zero-order valence-electron chi connectivity index (χ0n) is 14.2. The minimum atomic E-state index is -5.79. The summed E-state index contributed by atoms with van der Waals surface area (Å²) in [5, 5.41) is 0. The minimum absolute atomic E-state index is 0.0173. The van der Waals surface area contributed by atoms with Crippen molar-refractivity contribution >= 4 is 27.5 Å². The van der Waals surface area contributed by atoms with Crippen LogP contribution in [0.15, 0.2) is 30.6 Å². The Morgan fingerprint density at radius 3 is 2.50 bits per heavy atom. The van der Waals surface area contributed by atoms with Crippen LogP contribution in [-0.4, -0.2) is 42.4 Å². The van der Waals surface area contributed by atoms with Gasteiger partial charge in [-0.2, -0.15) is 21.6 Å². The van der Waals surface area contributed by atoms with Crippen molar-refractivity contribution in [2.24, 2.45) is 0 Å². The molecule has 1 amide bonds. The summed E-state index contributed by atoms with van der Waals surface area (Å²) < 4.78 is 68.9. The molecule has 0 unspecified atom stereocenters. The van der Waals surface area contributed by atoms with Crippen LogP contribution >= 0.6 is 0 Å². The highest BCUT2D eigenvalue weighted by molar-refractivity contribution is 7.88. The Kier molecular flexibility index (Phi) is 4.79. The summed E-state index contributed by atoms with van der Waals surface area (Å²) in [6.07, 6.45) is 0.665. The molecule has 0 saturated carbocycles. The summed E-state index contributed by atoms with van der Waals surface area (Å²) >= 11 is 0. The van der Waals surface area contributed by atoms with Crippen molar-refractivity contribution in [2.45, 2.75) is 18.5 Å². The van der Waals surface area contributed by atoms with E-state index in [1.54, 1.807) is 6.92 Å². The number of amides is 1. The standard InChI is InChI=1S/C15H13F3N4O5S/c1-8-6-22(14(23)11-12(19)20-7-21-13(11)26-8)9-2-4-10(5-3-9)27-28(24,25)15(16,17)18/h2-5,7-8H,6H2,1H3,(H2,19,20,21)/t8-/m1/s1. The number of aromatic nitrogens is 2. The van der Waals surface area contributed by atoms with Crippen LogP contribution in [-0.2, 0) is 10.1 Å². The third-order valence-corrected chi connectivity index (χ3v) is 4.67. The van der Waals surface area contributed by atoms with Crippen molar-refractivity contribution in [1.82, 2.24) is 9.97 Å². The van der Waals surface area contributed by atoms with Gasteiger partial charge in [0, 0.05) is 5.69 Å². The lowest BCUT2D eigenvalue weighted by Gasteiger charge is -2.22. The number of ether oxygens (including phenoxy) is 1. The number of carbonyl (C=O) groups excluding carboxylic acids is 1. The summed E-state index contributed by atoms with van der Waals surface area (Å²) in [5.74, 6) is -1.21. The summed E-state index contributed by atoms with van der Waals surface area (Å²) in [6, 6.07) is 4.45. The molecule has 1 aliphatic heterocycles. The number of benzene rings is 1. The lowest BCUT2D eigenvalue weighted by molar-refractivity contribution is -0.0500. The fourth-order valence-electron chi connectivity index (χ4n) is 2.45. The second kappa shape index (κ2) is 6.82. The van der Waals surface area contributed by atoms with E-state index in [0.29, 0.717) is 0 Å². The van der Waals surface area contributed by atoms with E-state index in [1.807, 2.05) is 0 Å². The first-order valence-corrected chi connectivity index (χ1v) is 9.10. The second-order valence-corrected chi connectivity index (χ2v) is 7.30. The molecule has 0 bridgehead atoms. The fourth-order valence-corrected chi connectivity index (χ4v) is 2.91. The van der Waals surface area contributed by atoms with Gasteiger partial charge < -0.3 is 19.6 Å². The molecule has 1 aromatic carbocycles. The molecule has 2 N–H and O–H groups in total. The summed E-state index contributed by atoms with van der Waals surface area (Å²) in [4.78, 5) is 21.8. The van der Waals surface area contributed by atoms with Crippen molar-refractivity contribution in [3.05, 3.63) is 36.2 Å². The van der Waals surface area contributed by atoms with E-state index in [4.69, 9.17) is 10.5 Å². The Balaban J connectivity index is 1.91. The minimum Gasteiger partial charge on any atom is -0.472 e. The number of rotatable bonds is 3. The largest absolute Gasteiger partial charge is 0.534 e. The van der Waals surface area contributed by atoms with Crippen LogP contribution in [0.1, 0.15) is 17.3 Å². The molecule has 150 valence electrons. The third-order valence-electron chi connectivity index (χ3n) is 3.69. The highest BCUT2D eigenvalue weighted by Gasteiger charge is 2.48. The van der Waals surface area contributed by atoms with Crippen molar-refractivity contribution in [3.63, 3.8) is 0 Å². The van der Waals surface area contributed by atoms with E-state index in [-0.39, 0.29) is 29.5 Å². The molecule has 0 saturated heterocycles. The van der Waals surface area contributed by atoms with Gasteiger partial charge in [0.15, 0.2) is 0 Å². The number of fused-ring (bicyclic) bond motifs is 1. The van der Waals surface area contributed by atoms with Crippen LogP contribution < -0.4 is 19.6 Å². The van der Waals surface area contributed by atoms with Crippen molar-refractivity contribution in [2.75, 3.05) is 17.2 Å². The maximum atomic E-state index is 12.9. The zero-order chi connectivity index (χ0) is 20.7. The van der Waals surface area contributed by atoms with Gasteiger partial charge in [-0.3, -0.25) is 4.79 Å². The smallest absolute Gasteiger partial charge is 0.472 e. The number of anilines is 2. The Labute approximate surface area is 157 Å². The average molecular weight is 418 g/mol. The van der Waals surface area contributed by atoms with Crippen molar-refractivity contribution in [3.8, 4) is 11.6 Å². The van der Waals surface area contributed by atoms with Gasteiger partial charge in [0.05, 0.1) is 6.54 Å². The number of halogens is 3. The molecule has 3 rings (SSSR count). The Hall–Kier alpha value is -3.09. The molecule has 13 heteroatoms. The number of hydrogen-bond acceptors (Lipinski definition) is 8. The molecular weight excluding hydrogens is 405 g/mol. The van der Waals surface area contributed by atoms with Crippen molar-refractivity contribution in [1.29, 1.82) is 0 Å². The maximum Gasteiger partial charge on any atom is 0.534 e. The Morgan fingerprint density at radius 2 is 1.89 bits per heavy atom. The molecule has 0 fully saturated rings. The van der Waals surface area contributed by atoms with Gasteiger partial charge in [0.2, 0.25) is 5.88 Å². The number of alkyl halides is 3. The van der Waals surface area contributed by atoms with Gasteiger partial charge in [-0.15, -0.1) is 0 Å². The van der Waals surface area contributed by atoms with Crippen LogP contribution in [0, 0.1) is 0 Å². The van der Waals surface area contributed by atoms with Gasteiger partial charge in [-0.05, 0) is 31.2 Å². The van der Waals surface area contributed by atoms with Crippen molar-refractivity contribution < 1.29 is 35.3 Å². The first kappa shape index (κ1) is 19.7. The van der Waals surface area contributed by atoms with E-state index >= 15 is 0 Å². The monoisotopic (exact) mass is 418 g/mol. The first-order chi connectivity index (χ1) is 13.0. The van der Waals surface area contributed by atoms with Crippen LogP contribution in [0.5, 0.6) is 11.6 Å². The highest BCUT2D eigenvalue weighted by Crippen LogP contribution is 2.31. The highest BCUT2D eigenvalue weighted by atomic mass is 32.2. The number of nitrogen functional groups attached to an aromatic ring is 1. The molecule has 0 spiro atoms. The molecule has 2 aromatic rings. The topological polar surface area (TPSA) is 125 Å². The zero-order valence-corrected chi connectivity index (χ0v) is 15.0. The van der Waals surface area contributed by atoms with Crippen LogP contribution in [0.25, 0.3) is 0 Å². The SMILES string of the molecule is C[C@@H]1CN(c2ccc(OS(=O)(=O)C(F)(F)F)cc2)C(=O)c2c(N)ncnc2O1. The van der Waals surface area contributed by atoms with E-state index < -0.39 is 33.4 Å². The summed E-state index contributed by atoms with van der Waals surface area (Å²) in [6.45, 7) is 1.76. The first-order valence-electron chi connectivity index (χ1n) is 7.69. The molecule has 1 atom stereocenters. The lowest BCUT2D eigenvalue weighted by Crippen LogP contribution is -2.36. The van der Waals surface area contributed by atoms with E-state index in [1.165, 1.54) is 17.0 Å². The fraction of sp³-hybridized carbons (Fsp3) is 0.267. The Bertz CT molecular complexity index is 1010. The summed E-state index contributed by atoms with van der Waals surface area (Å²) in [7, 11) is -5.79.